The molecule has 0 spiro atoms. The van der Waals surface area contributed by atoms with Crippen LogP contribution in [-0.2, 0) is 9.59 Å². The highest BCUT2D eigenvalue weighted by molar-refractivity contribution is 5.84. The molecule has 6 heteroatoms. The lowest BCUT2D eigenvalue weighted by Gasteiger charge is -2.15. The maximum atomic E-state index is 12.0. The molecule has 0 saturated heterocycles. The average molecular weight is 343 g/mol. The van der Waals surface area contributed by atoms with E-state index in [-0.39, 0.29) is 12.3 Å². The van der Waals surface area contributed by atoms with Crippen LogP contribution in [-0.4, -0.2) is 30.7 Å². The zero-order valence-electron chi connectivity index (χ0n) is 14.0. The summed E-state index contributed by atoms with van der Waals surface area (Å²) in [6.45, 7) is 0.387. The van der Waals surface area contributed by atoms with E-state index in [0.717, 1.165) is 5.75 Å². The summed E-state index contributed by atoms with van der Waals surface area (Å²) in [4.78, 5) is 23.4. The van der Waals surface area contributed by atoms with Crippen molar-refractivity contribution in [3.8, 4) is 11.5 Å². The number of benzene rings is 2. The van der Waals surface area contributed by atoms with E-state index in [4.69, 9.17) is 9.47 Å². The Balaban J connectivity index is 1.82. The van der Waals surface area contributed by atoms with Gasteiger partial charge >= 0.3 is 5.97 Å². The SMILES string of the molecule is COc1ccc(C(NC(=O)CCCOc2ccccc2)C(=O)O)cc1. The highest BCUT2D eigenvalue weighted by atomic mass is 16.5. The van der Waals surface area contributed by atoms with Crippen LogP contribution in [0.2, 0.25) is 0 Å². The van der Waals surface area contributed by atoms with Crippen molar-refractivity contribution < 1.29 is 24.2 Å². The van der Waals surface area contributed by atoms with Gasteiger partial charge in [0.15, 0.2) is 6.04 Å². The molecule has 2 rings (SSSR count). The number of hydrogen-bond donors (Lipinski definition) is 2. The number of hydrogen-bond acceptors (Lipinski definition) is 4. The Morgan fingerprint density at radius 3 is 2.32 bits per heavy atom. The van der Waals surface area contributed by atoms with Crippen molar-refractivity contribution >= 4 is 11.9 Å². The lowest BCUT2D eigenvalue weighted by molar-refractivity contribution is -0.142. The van der Waals surface area contributed by atoms with Gasteiger partial charge in [-0.25, -0.2) is 4.79 Å². The number of ether oxygens (including phenoxy) is 2. The fourth-order valence-corrected chi connectivity index (χ4v) is 2.26. The molecule has 0 aliphatic heterocycles. The summed E-state index contributed by atoms with van der Waals surface area (Å²) in [5.74, 6) is -0.0826. The molecule has 0 radical (unpaired) electrons. The number of para-hydroxylation sites is 1. The van der Waals surface area contributed by atoms with Crippen LogP contribution in [0.1, 0.15) is 24.4 Å². The van der Waals surface area contributed by atoms with E-state index in [1.54, 1.807) is 24.3 Å². The second kappa shape index (κ2) is 9.32. The molecule has 2 aromatic carbocycles. The lowest BCUT2D eigenvalue weighted by Crippen LogP contribution is -2.33. The third kappa shape index (κ3) is 5.84. The molecular weight excluding hydrogens is 322 g/mol. The lowest BCUT2D eigenvalue weighted by atomic mass is 10.1. The monoisotopic (exact) mass is 343 g/mol. The summed E-state index contributed by atoms with van der Waals surface area (Å²) < 4.78 is 10.6. The van der Waals surface area contributed by atoms with E-state index in [2.05, 4.69) is 5.32 Å². The zero-order valence-corrected chi connectivity index (χ0v) is 14.0. The van der Waals surface area contributed by atoms with Gasteiger partial charge in [-0.15, -0.1) is 0 Å². The maximum Gasteiger partial charge on any atom is 0.330 e. The van der Waals surface area contributed by atoms with Crippen LogP contribution in [0.5, 0.6) is 11.5 Å². The van der Waals surface area contributed by atoms with Gasteiger partial charge in [-0.3, -0.25) is 4.79 Å². The van der Waals surface area contributed by atoms with Crippen LogP contribution in [0.3, 0.4) is 0 Å². The summed E-state index contributed by atoms with van der Waals surface area (Å²) in [6, 6.07) is 14.8. The first-order chi connectivity index (χ1) is 12.1. The Morgan fingerprint density at radius 2 is 1.72 bits per heavy atom. The normalized spacial score (nSPS) is 11.4. The van der Waals surface area contributed by atoms with Crippen molar-refractivity contribution in [1.82, 2.24) is 5.32 Å². The third-order valence-corrected chi connectivity index (χ3v) is 3.56. The number of carbonyl (C=O) groups excluding carboxylic acids is 1. The topological polar surface area (TPSA) is 84.9 Å². The van der Waals surface area contributed by atoms with E-state index in [1.807, 2.05) is 30.3 Å². The molecule has 1 amide bonds. The molecule has 2 N–H and O–H groups in total. The maximum absolute atomic E-state index is 12.0. The van der Waals surface area contributed by atoms with Gasteiger partial charge < -0.3 is 19.9 Å². The Bertz CT molecular complexity index is 685. The van der Waals surface area contributed by atoms with E-state index >= 15 is 0 Å². The zero-order chi connectivity index (χ0) is 18.1. The van der Waals surface area contributed by atoms with Gasteiger partial charge in [0.05, 0.1) is 13.7 Å². The summed E-state index contributed by atoms with van der Waals surface area (Å²) in [5.41, 5.74) is 0.488. The number of carboxylic acid groups (broad SMARTS) is 1. The van der Waals surface area contributed by atoms with E-state index in [1.165, 1.54) is 7.11 Å². The number of rotatable bonds is 9. The van der Waals surface area contributed by atoms with Gasteiger partial charge in [-0.2, -0.15) is 0 Å². The Labute approximate surface area is 146 Å². The first-order valence-corrected chi connectivity index (χ1v) is 7.94. The second-order valence-electron chi connectivity index (χ2n) is 5.38. The van der Waals surface area contributed by atoms with Gasteiger partial charge in [0, 0.05) is 6.42 Å². The van der Waals surface area contributed by atoms with E-state index in [0.29, 0.717) is 24.3 Å². The van der Waals surface area contributed by atoms with E-state index < -0.39 is 12.0 Å². The molecule has 0 fully saturated rings. The van der Waals surface area contributed by atoms with Crippen molar-refractivity contribution in [2.24, 2.45) is 0 Å². The molecule has 1 unspecified atom stereocenters. The summed E-state index contributed by atoms with van der Waals surface area (Å²) in [6.07, 6.45) is 0.683. The molecule has 0 bridgehead atoms. The largest absolute Gasteiger partial charge is 0.497 e. The minimum atomic E-state index is -1.11. The first-order valence-electron chi connectivity index (χ1n) is 7.94. The summed E-state index contributed by atoms with van der Waals surface area (Å²) in [7, 11) is 1.53. The van der Waals surface area contributed by atoms with Gasteiger partial charge in [0.25, 0.3) is 0 Å². The third-order valence-electron chi connectivity index (χ3n) is 3.56. The summed E-state index contributed by atoms with van der Waals surface area (Å²) in [5, 5.41) is 11.9. The Kier molecular flexibility index (Phi) is 6.83. The van der Waals surface area contributed by atoms with Gasteiger partial charge in [-0.05, 0) is 36.2 Å². The van der Waals surface area contributed by atoms with Gasteiger partial charge in [-0.1, -0.05) is 30.3 Å². The molecule has 0 heterocycles. The molecule has 25 heavy (non-hydrogen) atoms. The second-order valence-corrected chi connectivity index (χ2v) is 5.38. The van der Waals surface area contributed by atoms with Crippen molar-refractivity contribution in [2.45, 2.75) is 18.9 Å². The minimum Gasteiger partial charge on any atom is -0.497 e. The van der Waals surface area contributed by atoms with Crippen molar-refractivity contribution in [3.63, 3.8) is 0 Å². The van der Waals surface area contributed by atoms with Crippen LogP contribution in [0.15, 0.2) is 54.6 Å². The standard InChI is InChI=1S/C19H21NO5/c1-24-15-11-9-14(10-12-15)18(19(22)23)20-17(21)8-5-13-25-16-6-3-2-4-7-16/h2-4,6-7,9-12,18H,5,8,13H2,1H3,(H,20,21)(H,22,23). The van der Waals surface area contributed by atoms with Gasteiger partial charge in [0.1, 0.15) is 11.5 Å². The number of aliphatic carboxylic acids is 1. The number of methoxy groups -OCH3 is 1. The quantitative estimate of drug-likeness (QED) is 0.684. The number of carbonyl (C=O) groups is 2. The molecule has 6 nitrogen and oxygen atoms in total. The molecule has 2 aromatic rings. The van der Waals surface area contributed by atoms with E-state index in [9.17, 15) is 14.7 Å². The minimum absolute atomic E-state index is 0.187. The highest BCUT2D eigenvalue weighted by Gasteiger charge is 2.21. The fraction of sp³-hybridized carbons (Fsp3) is 0.263. The van der Waals surface area contributed by atoms with Crippen molar-refractivity contribution in [1.29, 1.82) is 0 Å². The predicted octanol–water partition coefficient (Wildman–Crippen LogP) is 2.80. The molecular formula is C19H21NO5. The molecule has 0 aliphatic rings. The molecule has 0 aliphatic carbocycles. The number of amides is 1. The predicted molar refractivity (Wildman–Crippen MR) is 92.7 cm³/mol. The molecule has 0 saturated carbocycles. The smallest absolute Gasteiger partial charge is 0.330 e. The van der Waals surface area contributed by atoms with Crippen LogP contribution in [0.25, 0.3) is 0 Å². The Hall–Kier alpha value is -3.02. The van der Waals surface area contributed by atoms with Crippen LogP contribution >= 0.6 is 0 Å². The van der Waals surface area contributed by atoms with Crippen LogP contribution in [0, 0.1) is 0 Å². The number of carboxylic acids is 1. The molecule has 132 valence electrons. The van der Waals surface area contributed by atoms with Crippen LogP contribution in [0.4, 0.5) is 0 Å². The first kappa shape index (κ1) is 18.3. The van der Waals surface area contributed by atoms with Gasteiger partial charge in [0.2, 0.25) is 5.91 Å². The van der Waals surface area contributed by atoms with Crippen molar-refractivity contribution in [3.05, 3.63) is 60.2 Å². The highest BCUT2D eigenvalue weighted by Crippen LogP contribution is 2.18. The average Bonchev–Trinajstić information content (AvgIpc) is 2.64. The summed E-state index contributed by atoms with van der Waals surface area (Å²) >= 11 is 0. The number of nitrogens with one attached hydrogen (secondary N) is 1. The van der Waals surface area contributed by atoms with Crippen LogP contribution < -0.4 is 14.8 Å². The fourth-order valence-electron chi connectivity index (χ4n) is 2.26. The Morgan fingerprint density at radius 1 is 1.04 bits per heavy atom. The molecule has 0 aromatic heterocycles. The molecule has 1 atom stereocenters. The van der Waals surface area contributed by atoms with Crippen molar-refractivity contribution in [2.75, 3.05) is 13.7 Å².